The van der Waals surface area contributed by atoms with Crippen LogP contribution in [0.15, 0.2) is 0 Å². The van der Waals surface area contributed by atoms with E-state index in [2.05, 4.69) is 13.6 Å². The van der Waals surface area contributed by atoms with Gasteiger partial charge in [0.25, 0.3) is 0 Å². The Morgan fingerprint density at radius 2 is 1.47 bits per heavy atom. The van der Waals surface area contributed by atoms with E-state index in [9.17, 15) is 19.1 Å². The predicted molar refractivity (Wildman–Crippen MR) is 46.9 cm³/mol. The van der Waals surface area contributed by atoms with Crippen molar-refractivity contribution < 1.29 is 84.1 Å². The van der Waals surface area contributed by atoms with Gasteiger partial charge in [0.1, 0.15) is 0 Å². The summed E-state index contributed by atoms with van der Waals surface area (Å²) in [5.74, 6) is 0. The molecule has 0 radical (unpaired) electrons. The van der Waals surface area contributed by atoms with Gasteiger partial charge >= 0.3 is 59.0 Å². The summed E-state index contributed by atoms with van der Waals surface area (Å²) in [7, 11) is -6.13. The Kier molecular flexibility index (Phi) is 8.63. The fourth-order valence-corrected chi connectivity index (χ4v) is 3.86. The minimum Gasteiger partial charge on any atom is -0.776 e. The number of hydrogen-bond donors (Lipinski definition) is 1. The van der Waals surface area contributed by atoms with Crippen LogP contribution in [-0.4, -0.2) is 31.5 Å². The molecule has 0 aromatic carbocycles. The van der Waals surface area contributed by atoms with Gasteiger partial charge in [-0.25, -0.2) is 0 Å². The van der Waals surface area contributed by atoms with E-state index in [-0.39, 0.29) is 51.4 Å². The van der Waals surface area contributed by atoms with Crippen LogP contribution in [0.25, 0.3) is 0 Å². The summed E-state index contributed by atoms with van der Waals surface area (Å²) in [6.45, 7) is 0.790. The Labute approximate surface area is 131 Å². The number of rotatable bonds is 5. The molecule has 0 aliphatic carbocycles. The van der Waals surface area contributed by atoms with Crippen molar-refractivity contribution in [1.82, 2.24) is 0 Å². The van der Waals surface area contributed by atoms with Crippen molar-refractivity contribution in [3.8, 4) is 0 Å². The zero-order valence-corrected chi connectivity index (χ0v) is 14.2. The molecule has 0 rings (SSSR count). The summed E-state index contributed by atoms with van der Waals surface area (Å²) in [4.78, 5) is 11.2. The molecule has 0 fully saturated rings. The Hall–Kier alpha value is 1.90. The van der Waals surface area contributed by atoms with Crippen LogP contribution in [0.4, 0.5) is 0 Å². The van der Waals surface area contributed by atoms with Crippen molar-refractivity contribution in [2.45, 2.75) is 12.0 Å². The van der Waals surface area contributed by atoms with Gasteiger partial charge in [-0.05, 0) is 6.92 Å². The van der Waals surface area contributed by atoms with Crippen LogP contribution in [0.2, 0.25) is 0 Å². The average molecular weight is 286 g/mol. The Morgan fingerprint density at radius 1 is 1.13 bits per heavy atom. The van der Waals surface area contributed by atoms with E-state index < -0.39 is 20.3 Å². The minimum absolute atomic E-state index is 0. The molecule has 0 bridgehead atoms. The van der Waals surface area contributed by atoms with Crippen LogP contribution in [0.1, 0.15) is 6.92 Å². The van der Waals surface area contributed by atoms with Crippen molar-refractivity contribution in [1.29, 1.82) is 0 Å². The van der Waals surface area contributed by atoms with Crippen LogP contribution in [0.3, 0.4) is 0 Å². The molecule has 0 saturated heterocycles. The molecule has 0 aromatic heterocycles. The summed E-state index contributed by atoms with van der Waals surface area (Å²) in [6.07, 6.45) is 0. The van der Waals surface area contributed by atoms with Gasteiger partial charge in [-0.15, -0.1) is 0 Å². The Balaban J connectivity index is 0. The van der Waals surface area contributed by atoms with E-state index >= 15 is 0 Å². The molecule has 0 amide bonds. The maximum Gasteiger partial charge on any atom is 1.00 e. The summed E-state index contributed by atoms with van der Waals surface area (Å²) in [5.41, 5.74) is 0. The fourth-order valence-electron chi connectivity index (χ4n) is 0.743. The van der Waals surface area contributed by atoms with Gasteiger partial charge in [-0.2, -0.15) is 0 Å². The van der Waals surface area contributed by atoms with Crippen molar-refractivity contribution in [3.05, 3.63) is 0 Å². The first-order valence-corrected chi connectivity index (χ1v) is 6.58. The van der Waals surface area contributed by atoms with Gasteiger partial charge in [-0.1, -0.05) is 0 Å². The van der Waals surface area contributed by atoms with Crippen molar-refractivity contribution >= 4 is 15.2 Å². The van der Waals surface area contributed by atoms with Crippen molar-refractivity contribution in [3.63, 3.8) is 0 Å². The molecule has 2 atom stereocenters. The molecule has 0 aromatic rings. The van der Waals surface area contributed by atoms with Gasteiger partial charge in [0.15, 0.2) is 7.60 Å². The van der Waals surface area contributed by atoms with E-state index in [1.807, 2.05) is 0 Å². The second-order valence-electron chi connectivity index (χ2n) is 2.51. The summed E-state index contributed by atoms with van der Waals surface area (Å²) in [6, 6.07) is 0. The van der Waals surface area contributed by atoms with E-state index in [1.165, 1.54) is 0 Å². The predicted octanol–water partition coefficient (Wildman–Crippen LogP) is -2.66. The third kappa shape index (κ3) is 3.68. The van der Waals surface area contributed by atoms with Crippen molar-refractivity contribution in [2.24, 2.45) is 0 Å². The smallest absolute Gasteiger partial charge is 0.776 e. The molecule has 15 heavy (non-hydrogen) atoms. The quantitative estimate of drug-likeness (QED) is 0.434. The summed E-state index contributed by atoms with van der Waals surface area (Å²) in [5, 5.41) is 6.84. The second-order valence-corrected chi connectivity index (χ2v) is 7.69. The largest absolute Gasteiger partial charge is 1.00 e. The zero-order chi connectivity index (χ0) is 11.6. The van der Waals surface area contributed by atoms with Crippen LogP contribution < -0.4 is 56.3 Å². The molecule has 7 nitrogen and oxygen atoms in total. The minimum atomic E-state index is -4.74. The van der Waals surface area contributed by atoms with Crippen LogP contribution in [0, 0.1) is 0 Å². The summed E-state index contributed by atoms with van der Waals surface area (Å²) >= 11 is 0. The molecule has 0 aliphatic rings. The van der Waals surface area contributed by atoms with Gasteiger partial charge in [0.2, 0.25) is 5.08 Å². The number of hydrogen-bond acceptors (Lipinski definition) is 7. The van der Waals surface area contributed by atoms with Crippen molar-refractivity contribution in [2.75, 3.05) is 21.3 Å². The summed E-state index contributed by atoms with van der Waals surface area (Å²) < 4.78 is 35.7. The molecular weight excluding hydrogens is 273 g/mol. The van der Waals surface area contributed by atoms with Gasteiger partial charge in [0.05, 0.1) is 0 Å². The standard InChI is InChI=1S/C5H14O7P2.K/c1-5(6,13(7,8)10-2)14(9,11-3)12-4;/h6H,1-4H3,(H,7,8);/q;+1/p-1. The molecule has 2 unspecified atom stereocenters. The molecule has 0 aliphatic heterocycles. The maximum atomic E-state index is 11.6. The van der Waals surface area contributed by atoms with Gasteiger partial charge in [-0.3, -0.25) is 4.57 Å². The third-order valence-corrected chi connectivity index (χ3v) is 6.75. The zero-order valence-electron chi connectivity index (χ0n) is 9.29. The van der Waals surface area contributed by atoms with Crippen LogP contribution in [-0.2, 0) is 22.7 Å². The first-order chi connectivity index (χ1) is 6.18. The molecule has 10 heteroatoms. The van der Waals surface area contributed by atoms with E-state index in [1.54, 1.807) is 0 Å². The van der Waals surface area contributed by atoms with E-state index in [0.29, 0.717) is 0 Å². The maximum absolute atomic E-state index is 11.6. The third-order valence-electron chi connectivity index (χ3n) is 1.76. The molecule has 0 heterocycles. The van der Waals surface area contributed by atoms with Crippen LogP contribution >= 0.6 is 15.2 Å². The Bertz CT molecular complexity index is 283. The molecule has 86 valence electrons. The molecule has 1 N–H and O–H groups in total. The SMILES string of the molecule is COP(=O)([O-])C(C)(O)P(=O)(OC)OC.[K+]. The van der Waals surface area contributed by atoms with E-state index in [4.69, 9.17) is 0 Å². The monoisotopic (exact) mass is 286 g/mol. The van der Waals surface area contributed by atoms with E-state index in [0.717, 1.165) is 28.3 Å². The topological polar surface area (TPSA) is 105 Å². The molecular formula is C5H13KO7P2. The first kappa shape index (κ1) is 19.2. The molecule has 0 saturated carbocycles. The normalized spacial score (nSPS) is 19.9. The fraction of sp³-hybridized carbons (Fsp3) is 1.00. The van der Waals surface area contributed by atoms with Gasteiger partial charge in [0, 0.05) is 21.3 Å². The first-order valence-electron chi connectivity index (χ1n) is 3.49. The second kappa shape index (κ2) is 6.73. The molecule has 0 spiro atoms. The average Bonchev–Trinajstić information content (AvgIpc) is 2.15. The number of aliphatic hydroxyl groups is 1. The Morgan fingerprint density at radius 3 is 1.67 bits per heavy atom. The van der Waals surface area contributed by atoms with Crippen LogP contribution in [0.5, 0.6) is 0 Å². The van der Waals surface area contributed by atoms with Gasteiger partial charge < -0.3 is 28.1 Å².